The third-order valence-electron chi connectivity index (χ3n) is 4.42. The smallest absolute Gasteiger partial charge is 0.308 e. The first kappa shape index (κ1) is 14.0. The second-order valence-electron chi connectivity index (χ2n) is 5.77. The number of methoxy groups -OCH3 is 1. The molecule has 112 valence electrons. The number of esters is 1. The average Bonchev–Trinajstić information content (AvgIpc) is 2.89. The topological polar surface area (TPSA) is 44.1 Å². The first-order valence-electron chi connectivity index (χ1n) is 7.36. The van der Waals surface area contributed by atoms with Crippen LogP contribution in [0.4, 0.5) is 4.39 Å². The van der Waals surface area contributed by atoms with Gasteiger partial charge in [-0.1, -0.05) is 0 Å². The molecule has 0 spiro atoms. The third-order valence-corrected chi connectivity index (χ3v) is 4.42. The number of aromatic nitrogens is 2. The van der Waals surface area contributed by atoms with Gasteiger partial charge in [-0.25, -0.2) is 4.39 Å². The van der Waals surface area contributed by atoms with E-state index in [-0.39, 0.29) is 17.7 Å². The highest BCUT2D eigenvalue weighted by molar-refractivity contribution is 5.78. The van der Waals surface area contributed by atoms with Gasteiger partial charge in [-0.15, -0.1) is 0 Å². The van der Waals surface area contributed by atoms with Crippen LogP contribution in [-0.2, 0) is 16.1 Å². The monoisotopic (exact) mass is 290 g/mol. The summed E-state index contributed by atoms with van der Waals surface area (Å²) in [4.78, 5) is 11.5. The molecule has 0 unspecified atom stereocenters. The summed E-state index contributed by atoms with van der Waals surface area (Å²) in [5, 5.41) is 5.19. The highest BCUT2D eigenvalue weighted by atomic mass is 19.1. The molecule has 1 fully saturated rings. The first-order valence-corrected chi connectivity index (χ1v) is 7.36. The lowest BCUT2D eigenvalue weighted by atomic mass is 9.82. The van der Waals surface area contributed by atoms with Crippen LogP contribution in [0, 0.1) is 17.7 Å². The van der Waals surface area contributed by atoms with Crippen molar-refractivity contribution >= 4 is 16.9 Å². The molecule has 0 amide bonds. The maximum absolute atomic E-state index is 13.2. The van der Waals surface area contributed by atoms with Crippen LogP contribution in [0.25, 0.3) is 10.9 Å². The number of hydrogen-bond acceptors (Lipinski definition) is 3. The fourth-order valence-corrected chi connectivity index (χ4v) is 3.20. The van der Waals surface area contributed by atoms with Crippen molar-refractivity contribution in [3.8, 4) is 0 Å². The molecular weight excluding hydrogens is 271 g/mol. The van der Waals surface area contributed by atoms with E-state index in [2.05, 4.69) is 5.10 Å². The summed E-state index contributed by atoms with van der Waals surface area (Å²) in [5.74, 6) is 0.239. The molecule has 0 aliphatic heterocycles. The van der Waals surface area contributed by atoms with Gasteiger partial charge in [0.05, 0.1) is 24.7 Å². The Kier molecular flexibility index (Phi) is 3.90. The van der Waals surface area contributed by atoms with Crippen molar-refractivity contribution < 1.29 is 13.9 Å². The van der Waals surface area contributed by atoms with Crippen LogP contribution < -0.4 is 0 Å². The number of hydrogen-bond donors (Lipinski definition) is 0. The van der Waals surface area contributed by atoms with Gasteiger partial charge in [0.1, 0.15) is 5.82 Å². The Balaban J connectivity index is 1.66. The zero-order chi connectivity index (χ0) is 14.8. The molecule has 4 nitrogen and oxygen atoms in total. The van der Waals surface area contributed by atoms with Gasteiger partial charge in [0.2, 0.25) is 0 Å². The molecule has 0 N–H and O–H groups in total. The number of rotatable bonds is 3. The second-order valence-corrected chi connectivity index (χ2v) is 5.77. The largest absolute Gasteiger partial charge is 0.469 e. The molecule has 1 aromatic heterocycles. The molecule has 5 heteroatoms. The molecular formula is C16H19FN2O2. The SMILES string of the molecule is COC(=O)[C@H]1CC[C@H](Cn2ncc3cc(F)ccc32)CC1. The van der Waals surface area contributed by atoms with Gasteiger partial charge in [-0.3, -0.25) is 9.48 Å². The Morgan fingerprint density at radius 3 is 2.86 bits per heavy atom. The zero-order valence-corrected chi connectivity index (χ0v) is 12.1. The maximum atomic E-state index is 13.2. The lowest BCUT2D eigenvalue weighted by Gasteiger charge is -2.26. The number of fused-ring (bicyclic) bond motifs is 1. The maximum Gasteiger partial charge on any atom is 0.308 e. The third kappa shape index (κ3) is 2.91. The normalized spacial score (nSPS) is 22.4. The van der Waals surface area contributed by atoms with E-state index in [1.54, 1.807) is 12.3 Å². The summed E-state index contributed by atoms with van der Waals surface area (Å²) in [6.07, 6.45) is 5.47. The zero-order valence-electron chi connectivity index (χ0n) is 12.1. The minimum atomic E-state index is -0.236. The van der Waals surface area contributed by atoms with E-state index in [4.69, 9.17) is 4.74 Å². The Morgan fingerprint density at radius 2 is 2.14 bits per heavy atom. The molecule has 1 heterocycles. The van der Waals surface area contributed by atoms with Crippen LogP contribution in [0.1, 0.15) is 25.7 Å². The average molecular weight is 290 g/mol. The molecule has 1 saturated carbocycles. The van der Waals surface area contributed by atoms with Crippen LogP contribution in [0.3, 0.4) is 0 Å². The van der Waals surface area contributed by atoms with E-state index in [0.717, 1.165) is 43.1 Å². The number of carbonyl (C=O) groups excluding carboxylic acids is 1. The Bertz CT molecular complexity index is 645. The van der Waals surface area contributed by atoms with Gasteiger partial charge in [0.25, 0.3) is 0 Å². The molecule has 21 heavy (non-hydrogen) atoms. The molecule has 3 rings (SSSR count). The summed E-state index contributed by atoms with van der Waals surface area (Å²) in [7, 11) is 1.45. The first-order chi connectivity index (χ1) is 10.2. The second kappa shape index (κ2) is 5.84. The van der Waals surface area contributed by atoms with Crippen molar-refractivity contribution in [2.24, 2.45) is 11.8 Å². The predicted octanol–water partition coefficient (Wildman–Crippen LogP) is 3.15. The van der Waals surface area contributed by atoms with E-state index in [0.29, 0.717) is 5.92 Å². The van der Waals surface area contributed by atoms with E-state index in [1.807, 2.05) is 4.68 Å². The Labute approximate surface area is 122 Å². The number of benzene rings is 1. The lowest BCUT2D eigenvalue weighted by molar-refractivity contribution is -0.146. The fourth-order valence-electron chi connectivity index (χ4n) is 3.20. The van der Waals surface area contributed by atoms with Gasteiger partial charge < -0.3 is 4.74 Å². The molecule has 0 atom stereocenters. The van der Waals surface area contributed by atoms with Gasteiger partial charge in [-0.05, 0) is 49.8 Å². The molecule has 1 aromatic carbocycles. The fraction of sp³-hybridized carbons (Fsp3) is 0.500. The van der Waals surface area contributed by atoms with E-state index >= 15 is 0 Å². The van der Waals surface area contributed by atoms with Gasteiger partial charge in [-0.2, -0.15) is 5.10 Å². The van der Waals surface area contributed by atoms with Crippen molar-refractivity contribution in [1.29, 1.82) is 0 Å². The molecule has 1 aliphatic rings. The summed E-state index contributed by atoms with van der Waals surface area (Å²) < 4.78 is 19.9. The number of ether oxygens (including phenoxy) is 1. The summed E-state index contributed by atoms with van der Waals surface area (Å²) in [6, 6.07) is 4.75. The Morgan fingerprint density at radius 1 is 1.38 bits per heavy atom. The molecule has 0 bridgehead atoms. The van der Waals surface area contributed by atoms with Crippen molar-refractivity contribution in [2.45, 2.75) is 32.2 Å². The van der Waals surface area contributed by atoms with E-state index in [1.165, 1.54) is 19.2 Å². The van der Waals surface area contributed by atoms with E-state index in [9.17, 15) is 9.18 Å². The van der Waals surface area contributed by atoms with Gasteiger partial charge in [0.15, 0.2) is 0 Å². The molecule has 0 radical (unpaired) electrons. The minimum Gasteiger partial charge on any atom is -0.469 e. The molecule has 0 saturated heterocycles. The summed E-state index contributed by atoms with van der Waals surface area (Å²) in [5.41, 5.74) is 0.964. The van der Waals surface area contributed by atoms with Crippen LogP contribution in [-0.4, -0.2) is 22.9 Å². The summed E-state index contributed by atoms with van der Waals surface area (Å²) in [6.45, 7) is 0.822. The molecule has 2 aromatic rings. The number of carbonyl (C=O) groups is 1. The van der Waals surface area contributed by atoms with Crippen molar-refractivity contribution in [2.75, 3.05) is 7.11 Å². The van der Waals surface area contributed by atoms with E-state index < -0.39 is 0 Å². The Hall–Kier alpha value is -1.91. The molecule has 1 aliphatic carbocycles. The summed E-state index contributed by atoms with van der Waals surface area (Å²) >= 11 is 0. The minimum absolute atomic E-state index is 0.0507. The standard InChI is InChI=1S/C16H19FN2O2/c1-21-16(20)12-4-2-11(3-5-12)10-19-15-7-6-14(17)8-13(15)9-18-19/h6-9,11-12H,2-5,10H2,1H3/t11-,12-. The highest BCUT2D eigenvalue weighted by Crippen LogP contribution is 2.31. The number of halogens is 1. The van der Waals surface area contributed by atoms with Crippen molar-refractivity contribution in [3.05, 3.63) is 30.2 Å². The van der Waals surface area contributed by atoms with Crippen molar-refractivity contribution in [1.82, 2.24) is 9.78 Å². The van der Waals surface area contributed by atoms with Gasteiger partial charge >= 0.3 is 5.97 Å². The van der Waals surface area contributed by atoms with Crippen molar-refractivity contribution in [3.63, 3.8) is 0 Å². The predicted molar refractivity (Wildman–Crippen MR) is 77.2 cm³/mol. The quantitative estimate of drug-likeness (QED) is 0.816. The lowest BCUT2D eigenvalue weighted by Crippen LogP contribution is -2.25. The van der Waals surface area contributed by atoms with Crippen LogP contribution >= 0.6 is 0 Å². The van der Waals surface area contributed by atoms with Crippen LogP contribution in [0.15, 0.2) is 24.4 Å². The van der Waals surface area contributed by atoms with Gasteiger partial charge in [0, 0.05) is 11.9 Å². The van der Waals surface area contributed by atoms with Crippen LogP contribution in [0.5, 0.6) is 0 Å². The van der Waals surface area contributed by atoms with Crippen LogP contribution in [0.2, 0.25) is 0 Å². The number of nitrogens with zero attached hydrogens (tertiary/aromatic N) is 2. The highest BCUT2D eigenvalue weighted by Gasteiger charge is 2.27.